The lowest BCUT2D eigenvalue weighted by molar-refractivity contribution is 0.272. The summed E-state index contributed by atoms with van der Waals surface area (Å²) in [5, 5.41) is 3.73. The summed E-state index contributed by atoms with van der Waals surface area (Å²) in [6, 6.07) is 0.786. The van der Waals surface area contributed by atoms with Crippen molar-refractivity contribution in [1.29, 1.82) is 0 Å². The van der Waals surface area contributed by atoms with E-state index in [1.807, 2.05) is 0 Å². The van der Waals surface area contributed by atoms with Crippen molar-refractivity contribution in [2.24, 2.45) is 17.8 Å². The third-order valence-electron chi connectivity index (χ3n) is 4.19. The van der Waals surface area contributed by atoms with Crippen LogP contribution in [0.5, 0.6) is 0 Å². The highest BCUT2D eigenvalue weighted by Crippen LogP contribution is 2.33. The lowest BCUT2D eigenvalue weighted by Gasteiger charge is -2.27. The summed E-state index contributed by atoms with van der Waals surface area (Å²) in [6.45, 7) is 6.05. The van der Waals surface area contributed by atoms with Gasteiger partial charge < -0.3 is 5.32 Å². The third kappa shape index (κ3) is 2.98. The predicted octanol–water partition coefficient (Wildman–Crippen LogP) is 3.20. The molecule has 2 saturated carbocycles. The van der Waals surface area contributed by atoms with Crippen molar-refractivity contribution in [3.8, 4) is 0 Å². The maximum absolute atomic E-state index is 3.73. The van der Waals surface area contributed by atoms with Crippen LogP contribution in [0, 0.1) is 17.8 Å². The summed E-state index contributed by atoms with van der Waals surface area (Å²) in [5.41, 5.74) is 0. The molecular formula is C13H25N. The Bertz CT molecular complexity index is 166. The zero-order valence-corrected chi connectivity index (χ0v) is 9.76. The SMILES string of the molecule is CC1CCC(CNC(C)C2CC2)CC1. The molecule has 2 rings (SSSR count). The van der Waals surface area contributed by atoms with Crippen LogP contribution in [0.15, 0.2) is 0 Å². The van der Waals surface area contributed by atoms with Gasteiger partial charge >= 0.3 is 0 Å². The van der Waals surface area contributed by atoms with Crippen LogP contribution in [0.1, 0.15) is 52.4 Å². The van der Waals surface area contributed by atoms with Gasteiger partial charge in [0.05, 0.1) is 0 Å². The summed E-state index contributed by atoms with van der Waals surface area (Å²) < 4.78 is 0. The number of hydrogen-bond acceptors (Lipinski definition) is 1. The lowest BCUT2D eigenvalue weighted by Crippen LogP contribution is -2.33. The van der Waals surface area contributed by atoms with Crippen LogP contribution in [0.25, 0.3) is 0 Å². The van der Waals surface area contributed by atoms with Gasteiger partial charge in [-0.05, 0) is 56.9 Å². The molecule has 0 amide bonds. The van der Waals surface area contributed by atoms with Gasteiger partial charge in [-0.1, -0.05) is 19.8 Å². The number of nitrogens with one attached hydrogen (secondary N) is 1. The molecular weight excluding hydrogens is 170 g/mol. The van der Waals surface area contributed by atoms with E-state index >= 15 is 0 Å². The maximum Gasteiger partial charge on any atom is 0.00671 e. The Balaban J connectivity index is 1.60. The minimum atomic E-state index is 0.786. The second-order valence-corrected chi connectivity index (χ2v) is 5.66. The third-order valence-corrected chi connectivity index (χ3v) is 4.19. The summed E-state index contributed by atoms with van der Waals surface area (Å²) in [5.74, 6) is 2.98. The van der Waals surface area contributed by atoms with Crippen molar-refractivity contribution in [3.05, 3.63) is 0 Å². The van der Waals surface area contributed by atoms with E-state index in [2.05, 4.69) is 19.2 Å². The van der Waals surface area contributed by atoms with Crippen LogP contribution in [-0.2, 0) is 0 Å². The van der Waals surface area contributed by atoms with Crippen LogP contribution in [0.4, 0.5) is 0 Å². The molecule has 1 nitrogen and oxygen atoms in total. The molecule has 0 bridgehead atoms. The van der Waals surface area contributed by atoms with Gasteiger partial charge in [-0.3, -0.25) is 0 Å². The van der Waals surface area contributed by atoms with E-state index < -0.39 is 0 Å². The van der Waals surface area contributed by atoms with E-state index in [-0.39, 0.29) is 0 Å². The average Bonchev–Trinajstić information content (AvgIpc) is 3.00. The standard InChI is InChI=1S/C13H25N/c1-10-3-5-12(6-4-10)9-14-11(2)13-7-8-13/h10-14H,3-9H2,1-2H3. The normalized spacial score (nSPS) is 35.6. The summed E-state index contributed by atoms with van der Waals surface area (Å²) in [4.78, 5) is 0. The van der Waals surface area contributed by atoms with E-state index in [0.717, 1.165) is 23.8 Å². The average molecular weight is 195 g/mol. The molecule has 0 heterocycles. The molecule has 1 unspecified atom stereocenters. The van der Waals surface area contributed by atoms with Crippen molar-refractivity contribution in [3.63, 3.8) is 0 Å². The van der Waals surface area contributed by atoms with Gasteiger partial charge in [-0.15, -0.1) is 0 Å². The van der Waals surface area contributed by atoms with Crippen LogP contribution in [-0.4, -0.2) is 12.6 Å². The zero-order chi connectivity index (χ0) is 9.97. The topological polar surface area (TPSA) is 12.0 Å². The Kier molecular flexibility index (Phi) is 3.48. The minimum Gasteiger partial charge on any atom is -0.314 e. The molecule has 2 fully saturated rings. The Hall–Kier alpha value is -0.0400. The molecule has 82 valence electrons. The van der Waals surface area contributed by atoms with Gasteiger partial charge in [0.15, 0.2) is 0 Å². The highest BCUT2D eigenvalue weighted by molar-refractivity contribution is 4.84. The molecule has 2 aliphatic rings. The van der Waals surface area contributed by atoms with Gasteiger partial charge in [0.25, 0.3) is 0 Å². The van der Waals surface area contributed by atoms with Crippen molar-refractivity contribution in [2.45, 2.75) is 58.4 Å². The van der Waals surface area contributed by atoms with Gasteiger partial charge in [0.1, 0.15) is 0 Å². The van der Waals surface area contributed by atoms with E-state index in [4.69, 9.17) is 0 Å². The fraction of sp³-hybridized carbons (Fsp3) is 1.00. The summed E-state index contributed by atoms with van der Waals surface area (Å²) in [6.07, 6.45) is 8.79. The monoisotopic (exact) mass is 195 g/mol. The first-order valence-corrected chi connectivity index (χ1v) is 6.49. The van der Waals surface area contributed by atoms with Gasteiger partial charge in [0, 0.05) is 6.04 Å². The molecule has 14 heavy (non-hydrogen) atoms. The van der Waals surface area contributed by atoms with Crippen molar-refractivity contribution >= 4 is 0 Å². The fourth-order valence-corrected chi connectivity index (χ4v) is 2.65. The first-order valence-electron chi connectivity index (χ1n) is 6.49. The van der Waals surface area contributed by atoms with Crippen molar-refractivity contribution in [1.82, 2.24) is 5.32 Å². The zero-order valence-electron chi connectivity index (χ0n) is 9.76. The second kappa shape index (κ2) is 4.65. The highest BCUT2D eigenvalue weighted by Gasteiger charge is 2.28. The maximum atomic E-state index is 3.73. The molecule has 0 radical (unpaired) electrons. The Morgan fingerprint density at radius 3 is 2.29 bits per heavy atom. The van der Waals surface area contributed by atoms with Crippen LogP contribution < -0.4 is 5.32 Å². The van der Waals surface area contributed by atoms with E-state index in [1.54, 1.807) is 0 Å². The highest BCUT2D eigenvalue weighted by atomic mass is 14.9. The largest absolute Gasteiger partial charge is 0.314 e. The van der Waals surface area contributed by atoms with E-state index in [9.17, 15) is 0 Å². The molecule has 0 aromatic heterocycles. The molecule has 1 heteroatoms. The molecule has 0 aromatic carbocycles. The molecule has 0 aromatic rings. The molecule has 0 saturated heterocycles. The minimum absolute atomic E-state index is 0.786. The first-order chi connectivity index (χ1) is 6.75. The van der Waals surface area contributed by atoms with Crippen LogP contribution >= 0.6 is 0 Å². The van der Waals surface area contributed by atoms with Crippen molar-refractivity contribution in [2.75, 3.05) is 6.54 Å². The Morgan fingerprint density at radius 2 is 1.71 bits per heavy atom. The quantitative estimate of drug-likeness (QED) is 0.726. The molecule has 0 spiro atoms. The molecule has 0 aliphatic heterocycles. The molecule has 1 atom stereocenters. The molecule has 2 aliphatic carbocycles. The van der Waals surface area contributed by atoms with Gasteiger partial charge in [-0.2, -0.15) is 0 Å². The second-order valence-electron chi connectivity index (χ2n) is 5.66. The van der Waals surface area contributed by atoms with Crippen molar-refractivity contribution < 1.29 is 0 Å². The Morgan fingerprint density at radius 1 is 1.07 bits per heavy atom. The predicted molar refractivity (Wildman–Crippen MR) is 61.3 cm³/mol. The number of rotatable bonds is 4. The van der Waals surface area contributed by atoms with Gasteiger partial charge in [-0.25, -0.2) is 0 Å². The Labute approximate surface area is 88.7 Å². The fourth-order valence-electron chi connectivity index (χ4n) is 2.65. The van der Waals surface area contributed by atoms with E-state index in [1.165, 1.54) is 45.1 Å². The van der Waals surface area contributed by atoms with Crippen LogP contribution in [0.2, 0.25) is 0 Å². The summed E-state index contributed by atoms with van der Waals surface area (Å²) in [7, 11) is 0. The molecule has 1 N–H and O–H groups in total. The first kappa shape index (κ1) is 10.5. The van der Waals surface area contributed by atoms with Gasteiger partial charge in [0.2, 0.25) is 0 Å². The smallest absolute Gasteiger partial charge is 0.00671 e. The van der Waals surface area contributed by atoms with Crippen LogP contribution in [0.3, 0.4) is 0 Å². The van der Waals surface area contributed by atoms with E-state index in [0.29, 0.717) is 0 Å². The summed E-state index contributed by atoms with van der Waals surface area (Å²) >= 11 is 0. The lowest BCUT2D eigenvalue weighted by atomic mass is 9.83. The number of hydrogen-bond donors (Lipinski definition) is 1.